The minimum Gasteiger partial charge on any atom is -0.467 e. The summed E-state index contributed by atoms with van der Waals surface area (Å²) < 4.78 is 4.95. The molecule has 2 rings (SSSR count). The molecule has 24 heavy (non-hydrogen) atoms. The van der Waals surface area contributed by atoms with Gasteiger partial charge in [-0.1, -0.05) is 11.6 Å². The lowest BCUT2D eigenvalue weighted by Gasteiger charge is -2.23. The van der Waals surface area contributed by atoms with Crippen molar-refractivity contribution in [3.63, 3.8) is 0 Å². The van der Waals surface area contributed by atoms with Crippen molar-refractivity contribution in [3.05, 3.63) is 48.6 Å². The molecule has 0 saturated carbocycles. The van der Waals surface area contributed by atoms with Crippen LogP contribution >= 0.6 is 0 Å². The summed E-state index contributed by atoms with van der Waals surface area (Å²) in [6.45, 7) is 4.54. The summed E-state index contributed by atoms with van der Waals surface area (Å²) in [4.78, 5) is 16.7. The molecule has 126 valence electrons. The normalized spacial score (nSPS) is 14.0. The number of aliphatic imine (C=N–C) groups is 2. The van der Waals surface area contributed by atoms with Gasteiger partial charge in [0.25, 0.3) is 0 Å². The van der Waals surface area contributed by atoms with E-state index in [1.807, 2.05) is 38.3 Å². The van der Waals surface area contributed by atoms with Gasteiger partial charge in [0.15, 0.2) is 0 Å². The third-order valence-corrected chi connectivity index (χ3v) is 2.73. The van der Waals surface area contributed by atoms with E-state index in [-0.39, 0.29) is 0 Å². The summed E-state index contributed by atoms with van der Waals surface area (Å²) in [5.41, 5.74) is 5.01. The van der Waals surface area contributed by atoms with Crippen LogP contribution in [0.2, 0.25) is 0 Å². The number of hydrogen-bond donors (Lipinski definition) is 2. The molecule has 1 aliphatic rings. The molecule has 0 atom stereocenters. The Bertz CT molecular complexity index is 670. The van der Waals surface area contributed by atoms with Crippen LogP contribution in [-0.4, -0.2) is 40.9 Å². The third-order valence-electron chi connectivity index (χ3n) is 2.73. The highest BCUT2D eigenvalue weighted by molar-refractivity contribution is 5.93. The maximum Gasteiger partial charge on any atom is 0.316 e. The van der Waals surface area contributed by atoms with Crippen LogP contribution in [0.4, 0.5) is 5.69 Å². The Kier molecular flexibility index (Phi) is 6.51. The number of methoxy groups -OCH3 is 1. The van der Waals surface area contributed by atoms with Gasteiger partial charge in [0.05, 0.1) is 25.2 Å². The molecule has 2 N–H and O–H groups in total. The van der Waals surface area contributed by atoms with Crippen LogP contribution in [0.25, 0.3) is 0 Å². The second kappa shape index (κ2) is 9.09. The zero-order valence-corrected chi connectivity index (χ0v) is 14.0. The molecule has 8 heteroatoms. The molecule has 0 unspecified atom stereocenters. The Hall–Kier alpha value is -3.16. The SMILES string of the molecule is COc1ncc(NC(=N/C=C/C=C(C)C)NN2C=CC=NC2)cn1. The first-order valence-electron chi connectivity index (χ1n) is 7.38. The lowest BCUT2D eigenvalue weighted by Crippen LogP contribution is -2.43. The molecule has 0 aliphatic carbocycles. The fraction of sp³-hybridized carbons (Fsp3) is 0.250. The summed E-state index contributed by atoms with van der Waals surface area (Å²) in [5, 5.41) is 4.92. The zero-order chi connectivity index (χ0) is 17.2. The standard InChI is InChI=1S/C16H21N7O/c1-13(2)6-4-8-18-15(22-23-9-5-7-17-12-23)21-14-10-19-16(24-3)20-11-14/h4-11H,12H2,1-3H3,(H2,18,21,22)/b8-4+. The van der Waals surface area contributed by atoms with E-state index in [1.54, 1.807) is 29.8 Å². The Balaban J connectivity index is 2.09. The molecular weight excluding hydrogens is 306 g/mol. The Labute approximate surface area is 141 Å². The van der Waals surface area contributed by atoms with Gasteiger partial charge >= 0.3 is 6.01 Å². The number of hydrazine groups is 1. The highest BCUT2D eigenvalue weighted by Crippen LogP contribution is 2.07. The Morgan fingerprint density at radius 3 is 2.75 bits per heavy atom. The average Bonchev–Trinajstić information content (AvgIpc) is 2.60. The predicted molar refractivity (Wildman–Crippen MR) is 95.7 cm³/mol. The first-order chi connectivity index (χ1) is 11.7. The van der Waals surface area contributed by atoms with E-state index in [1.165, 1.54) is 12.7 Å². The minimum absolute atomic E-state index is 0.309. The van der Waals surface area contributed by atoms with E-state index < -0.39 is 0 Å². The Morgan fingerprint density at radius 2 is 2.12 bits per heavy atom. The number of ether oxygens (including phenoxy) is 1. The number of hydrogen-bond acceptors (Lipinski definition) is 6. The second-order valence-corrected chi connectivity index (χ2v) is 5.04. The molecule has 8 nitrogen and oxygen atoms in total. The maximum absolute atomic E-state index is 4.95. The first-order valence-corrected chi connectivity index (χ1v) is 7.38. The zero-order valence-electron chi connectivity index (χ0n) is 14.0. The molecule has 0 aromatic carbocycles. The van der Waals surface area contributed by atoms with Gasteiger partial charge in [-0.3, -0.25) is 15.4 Å². The lowest BCUT2D eigenvalue weighted by atomic mass is 10.3. The van der Waals surface area contributed by atoms with Crippen LogP contribution in [0.3, 0.4) is 0 Å². The van der Waals surface area contributed by atoms with E-state index >= 15 is 0 Å². The molecule has 2 heterocycles. The van der Waals surface area contributed by atoms with Gasteiger partial charge in [0, 0.05) is 18.6 Å². The van der Waals surface area contributed by atoms with Crippen molar-refractivity contribution < 1.29 is 4.74 Å². The van der Waals surface area contributed by atoms with Crippen LogP contribution in [0.5, 0.6) is 6.01 Å². The van der Waals surface area contributed by atoms with Crippen LogP contribution < -0.4 is 15.5 Å². The number of allylic oxidation sites excluding steroid dienone is 4. The summed E-state index contributed by atoms with van der Waals surface area (Å²) in [7, 11) is 1.52. The van der Waals surface area contributed by atoms with Gasteiger partial charge < -0.3 is 10.1 Å². The highest BCUT2D eigenvalue weighted by Gasteiger charge is 2.06. The molecule has 0 amide bonds. The van der Waals surface area contributed by atoms with Crippen LogP contribution in [0.1, 0.15) is 13.8 Å². The summed E-state index contributed by atoms with van der Waals surface area (Å²) >= 11 is 0. The van der Waals surface area contributed by atoms with Gasteiger partial charge in [-0.05, 0) is 26.0 Å². The van der Waals surface area contributed by atoms with E-state index in [2.05, 4.69) is 30.7 Å². The quantitative estimate of drug-likeness (QED) is 0.489. The van der Waals surface area contributed by atoms with Crippen molar-refractivity contribution in [3.8, 4) is 6.01 Å². The molecule has 0 radical (unpaired) electrons. The van der Waals surface area contributed by atoms with Crippen molar-refractivity contribution in [1.82, 2.24) is 20.4 Å². The number of anilines is 1. The van der Waals surface area contributed by atoms with E-state index in [0.29, 0.717) is 24.3 Å². The van der Waals surface area contributed by atoms with Gasteiger partial charge in [-0.25, -0.2) is 15.0 Å². The number of nitrogens with zero attached hydrogens (tertiary/aromatic N) is 5. The molecule has 0 bridgehead atoms. The fourth-order valence-corrected chi connectivity index (χ4v) is 1.66. The highest BCUT2D eigenvalue weighted by atomic mass is 16.5. The first kappa shape index (κ1) is 17.2. The fourth-order valence-electron chi connectivity index (χ4n) is 1.66. The number of guanidine groups is 1. The van der Waals surface area contributed by atoms with E-state index in [0.717, 1.165) is 0 Å². The monoisotopic (exact) mass is 327 g/mol. The van der Waals surface area contributed by atoms with Gasteiger partial charge in [-0.15, -0.1) is 0 Å². The van der Waals surface area contributed by atoms with E-state index in [4.69, 9.17) is 4.74 Å². The molecule has 1 aliphatic heterocycles. The lowest BCUT2D eigenvalue weighted by molar-refractivity contribution is 0.342. The van der Waals surface area contributed by atoms with Crippen molar-refractivity contribution in [2.45, 2.75) is 13.8 Å². The largest absolute Gasteiger partial charge is 0.467 e. The van der Waals surface area contributed by atoms with Crippen LogP contribution in [0.15, 0.2) is 58.6 Å². The van der Waals surface area contributed by atoms with Gasteiger partial charge in [0.2, 0.25) is 5.96 Å². The van der Waals surface area contributed by atoms with Gasteiger partial charge in [0.1, 0.15) is 6.67 Å². The second-order valence-electron chi connectivity index (χ2n) is 5.04. The third kappa shape index (κ3) is 5.91. The predicted octanol–water partition coefficient (Wildman–Crippen LogP) is 2.10. The van der Waals surface area contributed by atoms with Crippen LogP contribution in [-0.2, 0) is 0 Å². The Morgan fingerprint density at radius 1 is 1.33 bits per heavy atom. The van der Waals surface area contributed by atoms with Gasteiger partial charge in [-0.2, -0.15) is 0 Å². The number of nitrogens with one attached hydrogen (secondary N) is 2. The number of rotatable bonds is 5. The minimum atomic E-state index is 0.309. The van der Waals surface area contributed by atoms with Crippen molar-refractivity contribution in [2.75, 3.05) is 19.1 Å². The summed E-state index contributed by atoms with van der Waals surface area (Å²) in [6.07, 6.45) is 14.2. The molecular formula is C16H21N7O. The number of aromatic nitrogens is 2. The smallest absolute Gasteiger partial charge is 0.316 e. The van der Waals surface area contributed by atoms with Crippen LogP contribution in [0, 0.1) is 0 Å². The molecule has 0 saturated heterocycles. The van der Waals surface area contributed by atoms with E-state index in [9.17, 15) is 0 Å². The topological polar surface area (TPSA) is 87.0 Å². The van der Waals surface area contributed by atoms with Crippen molar-refractivity contribution in [1.29, 1.82) is 0 Å². The molecule has 1 aromatic heterocycles. The molecule has 1 aromatic rings. The van der Waals surface area contributed by atoms with Crippen molar-refractivity contribution in [2.24, 2.45) is 9.98 Å². The summed E-state index contributed by atoms with van der Waals surface area (Å²) in [6, 6.07) is 0.309. The molecule has 0 fully saturated rings. The average molecular weight is 327 g/mol. The maximum atomic E-state index is 4.95. The molecule has 0 spiro atoms. The summed E-state index contributed by atoms with van der Waals surface area (Å²) in [5.74, 6) is 0.518. The van der Waals surface area contributed by atoms with Crippen molar-refractivity contribution >= 4 is 17.9 Å².